The lowest BCUT2D eigenvalue weighted by atomic mass is 10.1. The summed E-state index contributed by atoms with van der Waals surface area (Å²) >= 11 is 1.79. The fourth-order valence-corrected chi connectivity index (χ4v) is 2.98. The van der Waals surface area contributed by atoms with E-state index in [1.165, 1.54) is 12.1 Å². The third-order valence-corrected chi connectivity index (χ3v) is 4.09. The van der Waals surface area contributed by atoms with Crippen LogP contribution in [0.15, 0.2) is 24.3 Å². The number of thioether (sulfide) groups is 1. The Balaban J connectivity index is 2.78. The van der Waals surface area contributed by atoms with Gasteiger partial charge >= 0.3 is 5.97 Å². The van der Waals surface area contributed by atoms with Crippen molar-refractivity contribution in [3.63, 3.8) is 0 Å². The van der Waals surface area contributed by atoms with Crippen molar-refractivity contribution in [3.05, 3.63) is 41.2 Å². The van der Waals surface area contributed by atoms with E-state index in [4.69, 9.17) is 5.11 Å². The molecule has 1 aromatic carbocycles. The molecule has 0 amide bonds. The van der Waals surface area contributed by atoms with Gasteiger partial charge in [-0.25, -0.2) is 9.18 Å². The summed E-state index contributed by atoms with van der Waals surface area (Å²) in [4.78, 5) is 12.6. The average molecular weight is 311 g/mol. The van der Waals surface area contributed by atoms with Crippen molar-refractivity contribution in [1.29, 1.82) is 0 Å². The Kier molecular flexibility index (Phi) is 7.47. The van der Waals surface area contributed by atoms with Crippen molar-refractivity contribution in [2.75, 3.05) is 19.1 Å². The second-order valence-corrected chi connectivity index (χ2v) is 5.87. The van der Waals surface area contributed by atoms with Gasteiger partial charge in [0.25, 0.3) is 0 Å². The first-order valence-electron chi connectivity index (χ1n) is 6.86. The molecule has 1 N–H and O–H groups in total. The predicted molar refractivity (Wildman–Crippen MR) is 87.0 cm³/mol. The molecular formula is C16H22FNO2S. The van der Waals surface area contributed by atoms with Crippen molar-refractivity contribution >= 4 is 23.8 Å². The molecule has 0 saturated heterocycles. The molecule has 0 radical (unpaired) electrons. The van der Waals surface area contributed by atoms with Crippen LogP contribution in [-0.4, -0.2) is 41.1 Å². The van der Waals surface area contributed by atoms with Gasteiger partial charge in [-0.2, -0.15) is 11.8 Å². The second kappa shape index (κ2) is 8.85. The number of hydrogen-bond donors (Lipinski definition) is 1. The molecule has 1 atom stereocenters. The Morgan fingerprint density at radius 2 is 2.24 bits per heavy atom. The highest BCUT2D eigenvalue weighted by atomic mass is 32.2. The van der Waals surface area contributed by atoms with E-state index in [2.05, 4.69) is 18.1 Å². The van der Waals surface area contributed by atoms with Crippen molar-refractivity contribution in [3.8, 4) is 0 Å². The molecule has 0 aliphatic rings. The number of carbonyl (C=O) groups is 1. The molecule has 21 heavy (non-hydrogen) atoms. The maximum Gasteiger partial charge on any atom is 0.328 e. The van der Waals surface area contributed by atoms with E-state index in [1.807, 2.05) is 7.05 Å². The topological polar surface area (TPSA) is 40.5 Å². The summed E-state index contributed by atoms with van der Waals surface area (Å²) in [6, 6.07) is 5.25. The van der Waals surface area contributed by atoms with Gasteiger partial charge in [0.2, 0.25) is 0 Å². The van der Waals surface area contributed by atoms with Crippen LogP contribution in [0.2, 0.25) is 0 Å². The van der Waals surface area contributed by atoms with Gasteiger partial charge in [-0.15, -0.1) is 0 Å². The molecule has 0 saturated carbocycles. The molecule has 1 aromatic rings. The minimum Gasteiger partial charge on any atom is -0.478 e. The van der Waals surface area contributed by atoms with Crippen LogP contribution in [-0.2, 0) is 11.3 Å². The zero-order valence-corrected chi connectivity index (χ0v) is 13.5. The van der Waals surface area contributed by atoms with Crippen LogP contribution >= 0.6 is 11.8 Å². The van der Waals surface area contributed by atoms with Gasteiger partial charge < -0.3 is 5.11 Å². The molecule has 0 aliphatic carbocycles. The molecule has 0 heterocycles. The minimum atomic E-state index is -1.04. The smallest absolute Gasteiger partial charge is 0.328 e. The highest BCUT2D eigenvalue weighted by molar-refractivity contribution is 7.98. The molecule has 0 spiro atoms. The van der Waals surface area contributed by atoms with Crippen LogP contribution in [0.3, 0.4) is 0 Å². The van der Waals surface area contributed by atoms with Crippen molar-refractivity contribution in [1.82, 2.24) is 4.90 Å². The van der Waals surface area contributed by atoms with Gasteiger partial charge in [-0.1, -0.05) is 19.1 Å². The number of aliphatic carboxylic acids is 1. The zero-order valence-electron chi connectivity index (χ0n) is 12.7. The second-order valence-electron chi connectivity index (χ2n) is 4.95. The summed E-state index contributed by atoms with van der Waals surface area (Å²) in [5, 5.41) is 8.57. The van der Waals surface area contributed by atoms with Crippen LogP contribution in [0.5, 0.6) is 0 Å². The quantitative estimate of drug-likeness (QED) is 0.746. The fraction of sp³-hybridized carbons (Fsp3) is 0.438. The van der Waals surface area contributed by atoms with E-state index in [-0.39, 0.29) is 5.82 Å². The lowest BCUT2D eigenvalue weighted by Gasteiger charge is -2.26. The summed E-state index contributed by atoms with van der Waals surface area (Å²) in [5.74, 6) is -0.316. The largest absolute Gasteiger partial charge is 0.478 e. The van der Waals surface area contributed by atoms with Crippen LogP contribution < -0.4 is 0 Å². The molecule has 116 valence electrons. The Morgan fingerprint density at radius 3 is 2.76 bits per heavy atom. The number of carboxylic acid groups (broad SMARTS) is 1. The van der Waals surface area contributed by atoms with E-state index < -0.39 is 5.97 Å². The Hall–Kier alpha value is -1.33. The van der Waals surface area contributed by atoms with Crippen LogP contribution in [0.4, 0.5) is 4.39 Å². The molecule has 0 fully saturated rings. The predicted octanol–water partition coefficient (Wildman–Crippen LogP) is 3.50. The van der Waals surface area contributed by atoms with Crippen LogP contribution in [0.25, 0.3) is 6.08 Å². The lowest BCUT2D eigenvalue weighted by Crippen LogP contribution is -2.32. The number of halogens is 1. The summed E-state index contributed by atoms with van der Waals surface area (Å²) in [7, 11) is 2.00. The first kappa shape index (κ1) is 17.7. The number of rotatable bonds is 8. The lowest BCUT2D eigenvalue weighted by molar-refractivity contribution is -0.131. The summed E-state index contributed by atoms with van der Waals surface area (Å²) in [6.07, 6.45) is 5.49. The Bertz CT molecular complexity index is 505. The van der Waals surface area contributed by atoms with Crippen molar-refractivity contribution in [2.45, 2.75) is 25.9 Å². The first-order chi connectivity index (χ1) is 9.97. The standard InChI is InChI=1S/C16H22FNO2S/c1-4-14(11-21-3)18(2)10-13-7-5-12(9-15(13)17)6-8-16(19)20/h5-9,14H,4,10-11H2,1-3H3,(H,19,20)/b8-6+. The fourth-order valence-electron chi connectivity index (χ4n) is 2.11. The maximum atomic E-state index is 14.1. The number of hydrogen-bond acceptors (Lipinski definition) is 3. The number of carboxylic acids is 1. The highest BCUT2D eigenvalue weighted by Gasteiger charge is 2.14. The molecule has 5 heteroatoms. The van der Waals surface area contributed by atoms with E-state index >= 15 is 0 Å². The zero-order chi connectivity index (χ0) is 15.8. The Morgan fingerprint density at radius 1 is 1.52 bits per heavy atom. The Labute approximate surface area is 129 Å². The van der Waals surface area contributed by atoms with E-state index in [9.17, 15) is 9.18 Å². The average Bonchev–Trinajstić information content (AvgIpc) is 2.44. The normalized spacial score (nSPS) is 13.0. The highest BCUT2D eigenvalue weighted by Crippen LogP contribution is 2.17. The molecule has 3 nitrogen and oxygen atoms in total. The summed E-state index contributed by atoms with van der Waals surface area (Å²) < 4.78 is 14.1. The van der Waals surface area contributed by atoms with Crippen molar-refractivity contribution < 1.29 is 14.3 Å². The molecule has 0 aliphatic heterocycles. The van der Waals surface area contributed by atoms with Gasteiger partial charge in [-0.3, -0.25) is 4.90 Å². The first-order valence-corrected chi connectivity index (χ1v) is 8.25. The van der Waals surface area contributed by atoms with Crippen LogP contribution in [0.1, 0.15) is 24.5 Å². The molecule has 1 rings (SSSR count). The molecule has 0 aromatic heterocycles. The van der Waals surface area contributed by atoms with E-state index in [0.29, 0.717) is 23.7 Å². The van der Waals surface area contributed by atoms with Crippen LogP contribution in [0, 0.1) is 5.82 Å². The summed E-state index contributed by atoms with van der Waals surface area (Å²) in [6.45, 7) is 2.68. The molecule has 1 unspecified atom stereocenters. The summed E-state index contributed by atoms with van der Waals surface area (Å²) in [5.41, 5.74) is 1.18. The molecular weight excluding hydrogens is 289 g/mol. The van der Waals surface area contributed by atoms with Gasteiger partial charge in [0, 0.05) is 30.0 Å². The van der Waals surface area contributed by atoms with E-state index in [0.717, 1.165) is 18.2 Å². The third-order valence-electron chi connectivity index (χ3n) is 3.37. The monoisotopic (exact) mass is 311 g/mol. The SMILES string of the molecule is CCC(CSC)N(C)Cc1ccc(/C=C/C(=O)O)cc1F. The van der Waals surface area contributed by atoms with Gasteiger partial charge in [0.1, 0.15) is 5.82 Å². The number of benzene rings is 1. The van der Waals surface area contributed by atoms with E-state index in [1.54, 1.807) is 23.9 Å². The van der Waals surface area contributed by atoms with Crippen molar-refractivity contribution in [2.24, 2.45) is 0 Å². The molecule has 0 bridgehead atoms. The maximum absolute atomic E-state index is 14.1. The van der Waals surface area contributed by atoms with Gasteiger partial charge in [-0.05, 0) is 37.4 Å². The number of nitrogens with zero attached hydrogens (tertiary/aromatic N) is 1. The van der Waals surface area contributed by atoms with Gasteiger partial charge in [0.15, 0.2) is 0 Å². The third kappa shape index (κ3) is 5.89. The van der Waals surface area contributed by atoms with Gasteiger partial charge in [0.05, 0.1) is 0 Å². The minimum absolute atomic E-state index is 0.298.